The summed E-state index contributed by atoms with van der Waals surface area (Å²) >= 11 is 1.35. The first-order chi connectivity index (χ1) is 10.2. The summed E-state index contributed by atoms with van der Waals surface area (Å²) in [6.07, 6.45) is 1.92. The summed E-state index contributed by atoms with van der Waals surface area (Å²) in [5, 5.41) is 0.714. The average molecular weight is 345 g/mol. The quantitative estimate of drug-likeness (QED) is 0.448. The van der Waals surface area contributed by atoms with Gasteiger partial charge < -0.3 is 14.5 Å². The van der Waals surface area contributed by atoms with Gasteiger partial charge in [0.05, 0.1) is 30.0 Å². The molecule has 0 aliphatic carbocycles. The Morgan fingerprint density at radius 1 is 1.36 bits per heavy atom. The van der Waals surface area contributed by atoms with E-state index in [0.29, 0.717) is 18.4 Å². The van der Waals surface area contributed by atoms with Crippen LogP contribution in [0, 0.1) is 0 Å². The van der Waals surface area contributed by atoms with Gasteiger partial charge in [-0.05, 0) is 25.5 Å². The van der Waals surface area contributed by atoms with Gasteiger partial charge in [-0.1, -0.05) is 25.1 Å². The van der Waals surface area contributed by atoms with E-state index in [1.807, 2.05) is 25.1 Å². The molecule has 0 saturated carbocycles. The van der Waals surface area contributed by atoms with Crippen molar-refractivity contribution in [3.05, 3.63) is 18.2 Å². The number of aromatic amines is 1. The number of unbranched alkanes of at least 4 members (excludes halogenated alkanes) is 1. The molecular formula is C15H21ClN2O3S. The molecular weight excluding hydrogens is 324 g/mol. The molecule has 122 valence electrons. The van der Waals surface area contributed by atoms with Crippen molar-refractivity contribution in [2.75, 3.05) is 19.0 Å². The van der Waals surface area contributed by atoms with Crippen LogP contribution in [0.5, 0.6) is 5.75 Å². The van der Waals surface area contributed by atoms with E-state index in [9.17, 15) is 4.79 Å². The standard InChI is InChI=1S/C15H20N2O3S.ClH/c1-3-5-8-20-14(18)10-21-15-16-12-7-6-11(19-4-2)9-13(12)17-15;/h6-7,9H,3-5,8,10H2,1-2H3,(H,16,17);1H. The lowest BCUT2D eigenvalue weighted by atomic mass is 10.3. The lowest BCUT2D eigenvalue weighted by Gasteiger charge is -2.01. The highest BCUT2D eigenvalue weighted by atomic mass is 35.5. The zero-order valence-corrected chi connectivity index (χ0v) is 14.4. The van der Waals surface area contributed by atoms with E-state index in [4.69, 9.17) is 9.47 Å². The first kappa shape index (κ1) is 18.6. The fourth-order valence-electron chi connectivity index (χ4n) is 1.79. The SMILES string of the molecule is CCCCOC(=O)CSc1nc2ccc(OCC)cc2[nH]1.Cl. The van der Waals surface area contributed by atoms with Crippen LogP contribution < -0.4 is 4.74 Å². The molecule has 0 saturated heterocycles. The summed E-state index contributed by atoms with van der Waals surface area (Å²) in [5.41, 5.74) is 1.77. The normalized spacial score (nSPS) is 10.3. The second kappa shape index (κ2) is 9.58. The number of esters is 1. The third kappa shape index (κ3) is 5.42. The van der Waals surface area contributed by atoms with Gasteiger partial charge >= 0.3 is 5.97 Å². The Kier molecular flexibility index (Phi) is 8.12. The topological polar surface area (TPSA) is 64.2 Å². The molecule has 2 rings (SSSR count). The van der Waals surface area contributed by atoms with Crippen molar-refractivity contribution in [3.63, 3.8) is 0 Å². The van der Waals surface area contributed by atoms with E-state index in [-0.39, 0.29) is 24.1 Å². The fourth-order valence-corrected chi connectivity index (χ4v) is 2.47. The maximum Gasteiger partial charge on any atom is 0.316 e. The zero-order valence-electron chi connectivity index (χ0n) is 12.8. The number of imidazole rings is 1. The third-order valence-electron chi connectivity index (χ3n) is 2.83. The largest absolute Gasteiger partial charge is 0.494 e. The average Bonchev–Trinajstić information content (AvgIpc) is 2.88. The number of halogens is 1. The highest BCUT2D eigenvalue weighted by Crippen LogP contribution is 2.23. The van der Waals surface area contributed by atoms with Crippen LogP contribution in [0.2, 0.25) is 0 Å². The minimum absolute atomic E-state index is 0. The fraction of sp³-hybridized carbons (Fsp3) is 0.467. The van der Waals surface area contributed by atoms with Crippen LogP contribution in [-0.2, 0) is 9.53 Å². The van der Waals surface area contributed by atoms with E-state index < -0.39 is 0 Å². The molecule has 0 aliphatic rings. The first-order valence-corrected chi connectivity index (χ1v) is 8.12. The summed E-state index contributed by atoms with van der Waals surface area (Å²) in [4.78, 5) is 19.1. The number of thioether (sulfide) groups is 1. The molecule has 1 N–H and O–H groups in total. The first-order valence-electron chi connectivity index (χ1n) is 7.14. The Morgan fingerprint density at radius 2 is 2.18 bits per heavy atom. The molecule has 1 aromatic carbocycles. The number of benzene rings is 1. The lowest BCUT2D eigenvalue weighted by Crippen LogP contribution is -2.08. The van der Waals surface area contributed by atoms with E-state index >= 15 is 0 Å². The van der Waals surface area contributed by atoms with E-state index in [1.54, 1.807) is 0 Å². The number of aromatic nitrogens is 2. The van der Waals surface area contributed by atoms with Crippen molar-refractivity contribution in [1.29, 1.82) is 0 Å². The van der Waals surface area contributed by atoms with Gasteiger partial charge in [-0.2, -0.15) is 0 Å². The molecule has 0 atom stereocenters. The smallest absolute Gasteiger partial charge is 0.316 e. The van der Waals surface area contributed by atoms with Gasteiger partial charge in [0.1, 0.15) is 5.75 Å². The number of hydrogen-bond donors (Lipinski definition) is 1. The number of H-pyrrole nitrogens is 1. The van der Waals surface area contributed by atoms with Gasteiger partial charge in [-0.25, -0.2) is 4.98 Å². The number of rotatable bonds is 8. The third-order valence-corrected chi connectivity index (χ3v) is 3.68. The van der Waals surface area contributed by atoms with Gasteiger partial charge in [-0.15, -0.1) is 12.4 Å². The van der Waals surface area contributed by atoms with Gasteiger partial charge in [0, 0.05) is 6.07 Å². The molecule has 5 nitrogen and oxygen atoms in total. The van der Waals surface area contributed by atoms with Crippen molar-refractivity contribution in [2.45, 2.75) is 31.8 Å². The number of nitrogens with one attached hydrogen (secondary N) is 1. The van der Waals surface area contributed by atoms with Crippen molar-refractivity contribution < 1.29 is 14.3 Å². The maximum atomic E-state index is 11.5. The van der Waals surface area contributed by atoms with E-state index in [1.165, 1.54) is 11.8 Å². The molecule has 0 fully saturated rings. The van der Waals surface area contributed by atoms with Crippen molar-refractivity contribution in [1.82, 2.24) is 9.97 Å². The molecule has 0 unspecified atom stereocenters. The molecule has 0 bridgehead atoms. The molecule has 2 aromatic rings. The minimum atomic E-state index is -0.205. The monoisotopic (exact) mass is 344 g/mol. The van der Waals surface area contributed by atoms with Crippen LogP contribution in [-0.4, -0.2) is 34.9 Å². The number of carbonyl (C=O) groups is 1. The molecule has 22 heavy (non-hydrogen) atoms. The Morgan fingerprint density at radius 3 is 2.91 bits per heavy atom. The van der Waals surface area contributed by atoms with Crippen LogP contribution in [0.4, 0.5) is 0 Å². The molecule has 0 aliphatic heterocycles. The Balaban J connectivity index is 0.00000242. The van der Waals surface area contributed by atoms with Crippen molar-refractivity contribution in [3.8, 4) is 5.75 Å². The number of carbonyl (C=O) groups excluding carboxylic acids is 1. The van der Waals surface area contributed by atoms with E-state index in [2.05, 4.69) is 16.9 Å². The van der Waals surface area contributed by atoms with Gasteiger partial charge in [0.25, 0.3) is 0 Å². The lowest BCUT2D eigenvalue weighted by molar-refractivity contribution is -0.140. The number of fused-ring (bicyclic) bond motifs is 1. The highest BCUT2D eigenvalue weighted by Gasteiger charge is 2.08. The van der Waals surface area contributed by atoms with Gasteiger partial charge in [0.15, 0.2) is 5.16 Å². The molecule has 1 heterocycles. The number of hydrogen-bond acceptors (Lipinski definition) is 5. The second-order valence-electron chi connectivity index (χ2n) is 4.52. The Hall–Kier alpha value is -1.40. The molecule has 7 heteroatoms. The summed E-state index contributed by atoms with van der Waals surface area (Å²) in [7, 11) is 0. The van der Waals surface area contributed by atoms with Crippen LogP contribution in [0.25, 0.3) is 11.0 Å². The predicted molar refractivity (Wildman–Crippen MR) is 91.1 cm³/mol. The van der Waals surface area contributed by atoms with Crippen molar-refractivity contribution in [2.24, 2.45) is 0 Å². The Labute approximate surface area is 140 Å². The van der Waals surface area contributed by atoms with Crippen LogP contribution in [0.3, 0.4) is 0 Å². The molecule has 1 aromatic heterocycles. The summed E-state index contributed by atoms with van der Waals surface area (Å²) in [6, 6.07) is 5.70. The molecule has 0 spiro atoms. The van der Waals surface area contributed by atoms with E-state index in [0.717, 1.165) is 29.6 Å². The number of nitrogens with zero attached hydrogens (tertiary/aromatic N) is 1. The summed E-state index contributed by atoms with van der Waals surface area (Å²) in [5.74, 6) is 0.870. The van der Waals surface area contributed by atoms with Crippen LogP contribution in [0.15, 0.2) is 23.4 Å². The summed E-state index contributed by atoms with van der Waals surface area (Å²) < 4.78 is 10.6. The maximum absolute atomic E-state index is 11.5. The van der Waals surface area contributed by atoms with Crippen molar-refractivity contribution >= 4 is 41.2 Å². The van der Waals surface area contributed by atoms with Gasteiger partial charge in [-0.3, -0.25) is 4.79 Å². The Bertz CT molecular complexity index is 603. The second-order valence-corrected chi connectivity index (χ2v) is 5.48. The number of ether oxygens (including phenoxy) is 2. The summed E-state index contributed by atoms with van der Waals surface area (Å²) in [6.45, 7) is 5.13. The van der Waals surface area contributed by atoms with Gasteiger partial charge in [0.2, 0.25) is 0 Å². The molecule has 0 radical (unpaired) electrons. The molecule has 0 amide bonds. The highest BCUT2D eigenvalue weighted by molar-refractivity contribution is 7.99. The minimum Gasteiger partial charge on any atom is -0.494 e. The van der Waals surface area contributed by atoms with Crippen LogP contribution >= 0.6 is 24.2 Å². The van der Waals surface area contributed by atoms with Crippen LogP contribution in [0.1, 0.15) is 26.7 Å². The predicted octanol–water partition coefficient (Wildman–Crippen LogP) is 3.82. The zero-order chi connectivity index (χ0) is 15.1.